The van der Waals surface area contributed by atoms with Gasteiger partial charge >= 0.3 is 0 Å². The third-order valence-corrected chi connectivity index (χ3v) is 3.35. The zero-order valence-electron chi connectivity index (χ0n) is 9.39. The molecule has 1 aromatic carbocycles. The summed E-state index contributed by atoms with van der Waals surface area (Å²) in [6, 6.07) is 7.35. The largest absolute Gasteiger partial charge is 0.330 e. The van der Waals surface area contributed by atoms with Crippen molar-refractivity contribution in [3.8, 4) is 10.6 Å². The first-order chi connectivity index (χ1) is 8.70. The minimum absolute atomic E-state index is 0.167. The molecular formula is C11H11ClN4OS. The number of hydrogen-bond acceptors (Lipinski definition) is 5. The van der Waals surface area contributed by atoms with Crippen LogP contribution in [-0.4, -0.2) is 22.6 Å². The molecular weight excluding hydrogens is 272 g/mol. The van der Waals surface area contributed by atoms with Gasteiger partial charge in [0.2, 0.25) is 11.0 Å². The van der Waals surface area contributed by atoms with Crippen molar-refractivity contribution in [2.24, 2.45) is 5.73 Å². The van der Waals surface area contributed by atoms with Crippen molar-refractivity contribution < 1.29 is 4.79 Å². The molecule has 94 valence electrons. The molecule has 0 aliphatic heterocycles. The molecule has 7 heteroatoms. The summed E-state index contributed by atoms with van der Waals surface area (Å²) in [6.45, 7) is 0.308. The first kappa shape index (κ1) is 12.9. The van der Waals surface area contributed by atoms with Gasteiger partial charge in [0.25, 0.3) is 0 Å². The third-order valence-electron chi connectivity index (χ3n) is 2.15. The number of anilines is 1. The Kier molecular flexibility index (Phi) is 4.24. The first-order valence-electron chi connectivity index (χ1n) is 5.29. The SMILES string of the molecule is NCCC(=O)Nc1nnc(-c2ccccc2Cl)s1. The maximum Gasteiger partial charge on any atom is 0.227 e. The number of benzene rings is 1. The van der Waals surface area contributed by atoms with Gasteiger partial charge in [-0.25, -0.2) is 0 Å². The number of amides is 1. The van der Waals surface area contributed by atoms with Gasteiger partial charge in [-0.05, 0) is 6.07 Å². The minimum atomic E-state index is -0.167. The molecule has 0 atom stereocenters. The number of nitrogens with two attached hydrogens (primary N) is 1. The van der Waals surface area contributed by atoms with Crippen LogP contribution >= 0.6 is 22.9 Å². The molecule has 5 nitrogen and oxygen atoms in total. The summed E-state index contributed by atoms with van der Waals surface area (Å²) < 4.78 is 0. The third kappa shape index (κ3) is 3.04. The lowest BCUT2D eigenvalue weighted by Crippen LogP contribution is -2.15. The van der Waals surface area contributed by atoms with E-state index in [-0.39, 0.29) is 12.3 Å². The number of hydrogen-bond donors (Lipinski definition) is 2. The summed E-state index contributed by atoms with van der Waals surface area (Å²) in [5.41, 5.74) is 6.09. The van der Waals surface area contributed by atoms with Crippen molar-refractivity contribution in [2.45, 2.75) is 6.42 Å². The quantitative estimate of drug-likeness (QED) is 0.900. The number of carbonyl (C=O) groups is 1. The van der Waals surface area contributed by atoms with E-state index in [0.29, 0.717) is 21.7 Å². The first-order valence-corrected chi connectivity index (χ1v) is 6.48. The molecule has 0 aliphatic rings. The number of nitrogens with zero attached hydrogens (tertiary/aromatic N) is 2. The van der Waals surface area contributed by atoms with Crippen molar-refractivity contribution in [1.82, 2.24) is 10.2 Å². The lowest BCUT2D eigenvalue weighted by Gasteiger charge is -1.98. The van der Waals surface area contributed by atoms with Crippen molar-refractivity contribution >= 4 is 34.0 Å². The fraction of sp³-hybridized carbons (Fsp3) is 0.182. The molecule has 1 aromatic heterocycles. The van der Waals surface area contributed by atoms with Gasteiger partial charge in [-0.1, -0.05) is 41.1 Å². The summed E-state index contributed by atoms with van der Waals surface area (Å²) in [4.78, 5) is 11.3. The number of aromatic nitrogens is 2. The highest BCUT2D eigenvalue weighted by molar-refractivity contribution is 7.18. The molecule has 1 amide bonds. The van der Waals surface area contributed by atoms with Crippen LogP contribution in [0.1, 0.15) is 6.42 Å². The van der Waals surface area contributed by atoms with E-state index in [9.17, 15) is 4.79 Å². The fourth-order valence-electron chi connectivity index (χ4n) is 1.33. The summed E-state index contributed by atoms with van der Waals surface area (Å²) in [5.74, 6) is -0.167. The predicted octanol–water partition coefficient (Wildman–Crippen LogP) is 2.15. The van der Waals surface area contributed by atoms with E-state index in [1.165, 1.54) is 11.3 Å². The van der Waals surface area contributed by atoms with Gasteiger partial charge in [-0.15, -0.1) is 10.2 Å². The van der Waals surface area contributed by atoms with Crippen molar-refractivity contribution in [3.05, 3.63) is 29.3 Å². The fourth-order valence-corrected chi connectivity index (χ4v) is 2.41. The van der Waals surface area contributed by atoms with E-state index in [2.05, 4.69) is 15.5 Å². The van der Waals surface area contributed by atoms with Crippen molar-refractivity contribution in [1.29, 1.82) is 0 Å². The van der Waals surface area contributed by atoms with Gasteiger partial charge in [-0.2, -0.15) is 0 Å². The summed E-state index contributed by atoms with van der Waals surface area (Å²) >= 11 is 7.33. The van der Waals surface area contributed by atoms with Crippen molar-refractivity contribution in [3.63, 3.8) is 0 Å². The molecule has 0 saturated carbocycles. The van der Waals surface area contributed by atoms with Gasteiger partial charge in [0, 0.05) is 18.5 Å². The van der Waals surface area contributed by atoms with E-state index in [4.69, 9.17) is 17.3 Å². The van der Waals surface area contributed by atoms with E-state index in [1.807, 2.05) is 18.2 Å². The molecule has 0 bridgehead atoms. The Labute approximate surface area is 113 Å². The van der Waals surface area contributed by atoms with Crippen LogP contribution in [0, 0.1) is 0 Å². The molecule has 0 spiro atoms. The number of nitrogens with one attached hydrogen (secondary N) is 1. The zero-order chi connectivity index (χ0) is 13.0. The second-order valence-electron chi connectivity index (χ2n) is 3.48. The molecule has 1 heterocycles. The van der Waals surface area contributed by atoms with E-state index >= 15 is 0 Å². The van der Waals surface area contributed by atoms with Crippen LogP contribution in [0.4, 0.5) is 5.13 Å². The van der Waals surface area contributed by atoms with E-state index in [0.717, 1.165) is 5.56 Å². The Morgan fingerprint density at radius 3 is 2.89 bits per heavy atom. The van der Waals surface area contributed by atoms with E-state index in [1.54, 1.807) is 6.07 Å². The molecule has 0 aliphatic carbocycles. The highest BCUT2D eigenvalue weighted by atomic mass is 35.5. The smallest absolute Gasteiger partial charge is 0.227 e. The number of halogens is 1. The average molecular weight is 283 g/mol. The zero-order valence-corrected chi connectivity index (χ0v) is 11.0. The molecule has 18 heavy (non-hydrogen) atoms. The second kappa shape index (κ2) is 5.90. The molecule has 2 rings (SSSR count). The lowest BCUT2D eigenvalue weighted by atomic mass is 10.2. The Balaban J connectivity index is 2.16. The Morgan fingerprint density at radius 2 is 2.17 bits per heavy atom. The highest BCUT2D eigenvalue weighted by Gasteiger charge is 2.11. The molecule has 3 N–H and O–H groups in total. The Bertz CT molecular complexity index is 557. The molecule has 0 radical (unpaired) electrons. The number of carbonyl (C=O) groups excluding carboxylic acids is 1. The minimum Gasteiger partial charge on any atom is -0.330 e. The van der Waals surface area contributed by atoms with Crippen LogP contribution in [-0.2, 0) is 4.79 Å². The summed E-state index contributed by atoms with van der Waals surface area (Å²) in [5, 5.41) is 12.2. The number of rotatable bonds is 4. The lowest BCUT2D eigenvalue weighted by molar-refractivity contribution is -0.116. The topological polar surface area (TPSA) is 80.9 Å². The second-order valence-corrected chi connectivity index (χ2v) is 4.86. The average Bonchev–Trinajstić information content (AvgIpc) is 2.78. The van der Waals surface area contributed by atoms with Crippen LogP contribution in [0.15, 0.2) is 24.3 Å². The predicted molar refractivity (Wildman–Crippen MR) is 72.7 cm³/mol. The van der Waals surface area contributed by atoms with Gasteiger partial charge < -0.3 is 11.1 Å². The van der Waals surface area contributed by atoms with E-state index < -0.39 is 0 Å². The van der Waals surface area contributed by atoms with Crippen LogP contribution in [0.25, 0.3) is 10.6 Å². The van der Waals surface area contributed by atoms with Crippen LogP contribution in [0.3, 0.4) is 0 Å². The Hall–Kier alpha value is -1.50. The monoisotopic (exact) mass is 282 g/mol. The maximum absolute atomic E-state index is 11.3. The van der Waals surface area contributed by atoms with Crippen molar-refractivity contribution in [2.75, 3.05) is 11.9 Å². The Morgan fingerprint density at radius 1 is 1.39 bits per heavy atom. The molecule has 0 unspecified atom stereocenters. The summed E-state index contributed by atoms with van der Waals surface area (Å²) in [7, 11) is 0. The van der Waals surface area contributed by atoms with Gasteiger partial charge in [0.15, 0.2) is 5.01 Å². The molecule has 0 fully saturated rings. The van der Waals surface area contributed by atoms with Gasteiger partial charge in [-0.3, -0.25) is 4.79 Å². The van der Waals surface area contributed by atoms with Gasteiger partial charge in [0.05, 0.1) is 5.02 Å². The van der Waals surface area contributed by atoms with Crippen LogP contribution in [0.5, 0.6) is 0 Å². The normalized spacial score (nSPS) is 10.3. The van der Waals surface area contributed by atoms with Crippen LogP contribution in [0.2, 0.25) is 5.02 Å². The van der Waals surface area contributed by atoms with Gasteiger partial charge in [0.1, 0.15) is 0 Å². The highest BCUT2D eigenvalue weighted by Crippen LogP contribution is 2.31. The standard InChI is InChI=1S/C11H11ClN4OS/c12-8-4-2-1-3-7(8)10-15-16-11(18-10)14-9(17)5-6-13/h1-4H,5-6,13H2,(H,14,16,17). The van der Waals surface area contributed by atoms with Crippen LogP contribution < -0.4 is 11.1 Å². The molecule has 2 aromatic rings. The molecule has 0 saturated heterocycles. The maximum atomic E-state index is 11.3. The summed E-state index contributed by atoms with van der Waals surface area (Å²) in [6.07, 6.45) is 0.265.